The van der Waals surface area contributed by atoms with Crippen LogP contribution in [-0.4, -0.2) is 42.1 Å². The number of carbonyl (C=O) groups excluding carboxylic acids is 3. The minimum absolute atomic E-state index is 0.320. The zero-order valence-corrected chi connectivity index (χ0v) is 11.9. The van der Waals surface area contributed by atoms with Crippen LogP contribution in [0.5, 0.6) is 0 Å². The molecule has 108 valence electrons. The van der Waals surface area contributed by atoms with E-state index < -0.39 is 11.7 Å². The lowest BCUT2D eigenvalue weighted by atomic mass is 10.2. The quantitative estimate of drug-likeness (QED) is 0.566. The summed E-state index contributed by atoms with van der Waals surface area (Å²) < 4.78 is 9.22. The normalized spacial score (nSPS) is 14.6. The highest BCUT2D eigenvalue weighted by molar-refractivity contribution is 6.04. The fourth-order valence-corrected chi connectivity index (χ4v) is 1.21. The van der Waals surface area contributed by atoms with Crippen LogP contribution in [0.4, 0.5) is 4.79 Å². The second kappa shape index (κ2) is 7.56. The molecule has 0 atom stereocenters. The molecule has 1 rings (SSSR count). The second-order valence-corrected chi connectivity index (χ2v) is 4.84. The molecule has 1 heterocycles. The smallest absolute Gasteiger partial charge is 0.417 e. The van der Waals surface area contributed by atoms with Crippen molar-refractivity contribution >= 4 is 18.5 Å². The van der Waals surface area contributed by atoms with Gasteiger partial charge in [0.2, 0.25) is 0 Å². The first kappa shape index (κ1) is 17.2. The fourth-order valence-electron chi connectivity index (χ4n) is 1.21. The van der Waals surface area contributed by atoms with Crippen molar-refractivity contribution in [1.29, 1.82) is 0 Å². The average Bonchev–Trinajstić information content (AvgIpc) is 2.59. The molecule has 0 aromatic rings. The van der Waals surface area contributed by atoms with E-state index in [0.717, 1.165) is 4.90 Å². The minimum Gasteiger partial charge on any atom is -0.468 e. The van der Waals surface area contributed by atoms with Crippen molar-refractivity contribution in [3.05, 3.63) is 12.2 Å². The summed E-state index contributed by atoms with van der Waals surface area (Å²) in [5, 5.41) is 0. The Morgan fingerprint density at radius 2 is 2.05 bits per heavy atom. The summed E-state index contributed by atoms with van der Waals surface area (Å²) in [5.74, 6) is -0.320. The summed E-state index contributed by atoms with van der Waals surface area (Å²) in [5.41, 5.74) is -0.0998. The molecular weight excluding hydrogens is 250 g/mol. The van der Waals surface area contributed by atoms with Gasteiger partial charge in [0.15, 0.2) is 0 Å². The number of carbonyl (C=O) groups is 3. The van der Waals surface area contributed by atoms with Crippen molar-refractivity contribution in [3.63, 3.8) is 0 Å². The van der Waals surface area contributed by atoms with Crippen LogP contribution in [0.15, 0.2) is 12.2 Å². The molecule has 0 aliphatic carbocycles. The number of imide groups is 1. The van der Waals surface area contributed by atoms with Crippen molar-refractivity contribution in [2.45, 2.75) is 39.7 Å². The molecule has 0 aromatic carbocycles. The standard InChI is InChI=1S/C10H15NO3.C3H6O2/c1-7-5-6-11(8(7)12)9(13)14-10(2,3)4;1-2-5-3-4/h1,5-6H2,2-4H3;3H,2H2,1H3. The molecule has 0 spiro atoms. The van der Waals surface area contributed by atoms with E-state index in [1.165, 1.54) is 0 Å². The SMILES string of the molecule is C=C1CCN(C(=O)OC(C)(C)C)C1=O.CCOC=O. The Morgan fingerprint density at radius 3 is 2.32 bits per heavy atom. The van der Waals surface area contributed by atoms with Crippen LogP contribution >= 0.6 is 0 Å². The average molecular weight is 271 g/mol. The van der Waals surface area contributed by atoms with Crippen molar-refractivity contribution in [3.8, 4) is 0 Å². The van der Waals surface area contributed by atoms with Crippen LogP contribution in [0.2, 0.25) is 0 Å². The molecule has 1 aliphatic heterocycles. The van der Waals surface area contributed by atoms with Gasteiger partial charge in [0, 0.05) is 12.1 Å². The predicted octanol–water partition coefficient (Wildman–Crippen LogP) is 1.89. The summed E-state index contributed by atoms with van der Waals surface area (Å²) in [6.45, 7) is 11.9. The van der Waals surface area contributed by atoms with Gasteiger partial charge in [0.1, 0.15) is 5.60 Å². The number of amides is 2. The summed E-state index contributed by atoms with van der Waals surface area (Å²) >= 11 is 0. The molecule has 6 nitrogen and oxygen atoms in total. The van der Waals surface area contributed by atoms with E-state index in [2.05, 4.69) is 11.3 Å². The summed E-state index contributed by atoms with van der Waals surface area (Å²) in [6, 6.07) is 0. The lowest BCUT2D eigenvalue weighted by Gasteiger charge is -2.22. The molecule has 0 unspecified atom stereocenters. The van der Waals surface area contributed by atoms with Crippen LogP contribution in [-0.2, 0) is 19.1 Å². The number of nitrogens with zero attached hydrogens (tertiary/aromatic N) is 1. The number of hydrogen-bond donors (Lipinski definition) is 0. The van der Waals surface area contributed by atoms with Crippen LogP contribution in [0.1, 0.15) is 34.1 Å². The minimum atomic E-state index is -0.582. The highest BCUT2D eigenvalue weighted by atomic mass is 16.6. The van der Waals surface area contributed by atoms with E-state index in [1.807, 2.05) is 0 Å². The van der Waals surface area contributed by atoms with Crippen molar-refractivity contribution in [2.24, 2.45) is 0 Å². The zero-order chi connectivity index (χ0) is 15.1. The predicted molar refractivity (Wildman–Crippen MR) is 69.4 cm³/mol. The van der Waals surface area contributed by atoms with Gasteiger partial charge in [-0.2, -0.15) is 0 Å². The highest BCUT2D eigenvalue weighted by Gasteiger charge is 2.32. The fraction of sp³-hybridized carbons (Fsp3) is 0.615. The van der Waals surface area contributed by atoms with Gasteiger partial charge >= 0.3 is 6.09 Å². The Hall–Kier alpha value is -1.85. The Bertz CT molecular complexity index is 357. The summed E-state index contributed by atoms with van der Waals surface area (Å²) in [7, 11) is 0. The van der Waals surface area contributed by atoms with Crippen LogP contribution in [0.3, 0.4) is 0 Å². The molecule has 19 heavy (non-hydrogen) atoms. The first-order valence-corrected chi connectivity index (χ1v) is 6.00. The van der Waals surface area contributed by atoms with E-state index in [4.69, 9.17) is 4.74 Å². The molecule has 6 heteroatoms. The molecule has 0 radical (unpaired) electrons. The molecule has 0 aromatic heterocycles. The Balaban J connectivity index is 0.000000555. The van der Waals surface area contributed by atoms with Gasteiger partial charge in [-0.1, -0.05) is 6.58 Å². The Kier molecular flexibility index (Phi) is 6.82. The van der Waals surface area contributed by atoms with Crippen LogP contribution in [0.25, 0.3) is 0 Å². The third-order valence-corrected chi connectivity index (χ3v) is 2.03. The molecule has 0 saturated carbocycles. The van der Waals surface area contributed by atoms with Gasteiger partial charge in [0.05, 0.1) is 6.61 Å². The lowest BCUT2D eigenvalue weighted by Crippen LogP contribution is -2.37. The van der Waals surface area contributed by atoms with Gasteiger partial charge in [-0.3, -0.25) is 9.59 Å². The van der Waals surface area contributed by atoms with Gasteiger partial charge in [-0.05, 0) is 34.1 Å². The highest BCUT2D eigenvalue weighted by Crippen LogP contribution is 2.18. The molecule has 0 bridgehead atoms. The Morgan fingerprint density at radius 1 is 1.47 bits per heavy atom. The van der Waals surface area contributed by atoms with Gasteiger partial charge < -0.3 is 9.47 Å². The van der Waals surface area contributed by atoms with E-state index in [9.17, 15) is 14.4 Å². The monoisotopic (exact) mass is 271 g/mol. The maximum absolute atomic E-state index is 11.5. The summed E-state index contributed by atoms with van der Waals surface area (Å²) in [4.78, 5) is 33.1. The maximum Gasteiger partial charge on any atom is 0.417 e. The largest absolute Gasteiger partial charge is 0.468 e. The maximum atomic E-state index is 11.5. The van der Waals surface area contributed by atoms with Crippen molar-refractivity contribution < 1.29 is 23.9 Å². The van der Waals surface area contributed by atoms with Gasteiger partial charge in [-0.25, -0.2) is 9.69 Å². The zero-order valence-electron chi connectivity index (χ0n) is 11.9. The van der Waals surface area contributed by atoms with Crippen molar-refractivity contribution in [1.82, 2.24) is 4.90 Å². The lowest BCUT2D eigenvalue weighted by molar-refractivity contribution is -0.128. The topological polar surface area (TPSA) is 72.9 Å². The van der Waals surface area contributed by atoms with Crippen LogP contribution < -0.4 is 0 Å². The number of ether oxygens (including phenoxy) is 2. The van der Waals surface area contributed by atoms with Crippen LogP contribution in [0, 0.1) is 0 Å². The molecular formula is C13H21NO5. The van der Waals surface area contributed by atoms with Gasteiger partial charge in [-0.15, -0.1) is 0 Å². The van der Waals surface area contributed by atoms with Crippen molar-refractivity contribution in [2.75, 3.05) is 13.2 Å². The number of hydrogen-bond acceptors (Lipinski definition) is 5. The Labute approximate surface area is 113 Å². The van der Waals surface area contributed by atoms with E-state index in [1.54, 1.807) is 27.7 Å². The van der Waals surface area contributed by atoms with E-state index in [0.29, 0.717) is 31.6 Å². The number of likely N-dealkylation sites (tertiary alicyclic amines) is 1. The first-order valence-electron chi connectivity index (χ1n) is 6.00. The van der Waals surface area contributed by atoms with Gasteiger partial charge in [0.25, 0.3) is 12.4 Å². The second-order valence-electron chi connectivity index (χ2n) is 4.84. The third-order valence-electron chi connectivity index (χ3n) is 2.03. The van der Waals surface area contributed by atoms with E-state index in [-0.39, 0.29) is 5.91 Å². The van der Waals surface area contributed by atoms with E-state index >= 15 is 0 Å². The molecule has 1 fully saturated rings. The molecule has 1 saturated heterocycles. The third kappa shape index (κ3) is 6.59. The molecule has 0 N–H and O–H groups in total. The molecule has 2 amide bonds. The first-order chi connectivity index (χ1) is 8.72. The summed E-state index contributed by atoms with van der Waals surface area (Å²) in [6.07, 6.45) is -0.0425. The molecule has 1 aliphatic rings. The number of rotatable bonds is 2.